The number of hydrogen-bond donors (Lipinski definition) is 2. The standard InChI is InChI=1S/C20H31N3O6/c1-13(2)18(19(27)21-14(3)20(28)29)23(4,5)17(26)9-7-6-8-12-22-15(24)10-11-16(22)25/h10-11,13-14,18H,6-9,12H2,1-5H3,(H-,21,27,28,29)/p+1/t14-,18-/m0/s1. The van der Waals surface area contributed by atoms with Crippen LogP contribution in [-0.2, 0) is 24.0 Å². The number of carboxylic acid groups (broad SMARTS) is 1. The molecule has 2 atom stereocenters. The van der Waals surface area contributed by atoms with Crippen LogP contribution in [0.4, 0.5) is 0 Å². The summed E-state index contributed by atoms with van der Waals surface area (Å²) in [5.74, 6) is -2.53. The second kappa shape index (κ2) is 10.3. The summed E-state index contributed by atoms with van der Waals surface area (Å²) in [6.45, 7) is 5.34. The molecule has 0 aliphatic carbocycles. The van der Waals surface area contributed by atoms with E-state index in [4.69, 9.17) is 5.11 Å². The number of nitrogens with one attached hydrogen (secondary N) is 1. The second-order valence-corrected chi connectivity index (χ2v) is 8.16. The van der Waals surface area contributed by atoms with Crippen molar-refractivity contribution in [2.45, 2.75) is 58.5 Å². The summed E-state index contributed by atoms with van der Waals surface area (Å²) in [6.07, 6.45) is 4.57. The Morgan fingerprint density at radius 1 is 1.03 bits per heavy atom. The number of carboxylic acids is 1. The van der Waals surface area contributed by atoms with Gasteiger partial charge in [0, 0.05) is 24.6 Å². The minimum absolute atomic E-state index is 0.128. The van der Waals surface area contributed by atoms with Crippen LogP contribution in [0.25, 0.3) is 0 Å². The fraction of sp³-hybridized carbons (Fsp3) is 0.650. The molecule has 0 aromatic rings. The van der Waals surface area contributed by atoms with Gasteiger partial charge >= 0.3 is 11.9 Å². The van der Waals surface area contributed by atoms with Gasteiger partial charge in [0.05, 0.1) is 20.5 Å². The van der Waals surface area contributed by atoms with Gasteiger partial charge in [0.15, 0.2) is 6.04 Å². The Hall–Kier alpha value is -2.55. The number of unbranched alkanes of at least 4 members (excludes halogenated alkanes) is 2. The Kier molecular flexibility index (Phi) is 8.69. The predicted octanol–water partition coefficient (Wildman–Crippen LogP) is 0.689. The van der Waals surface area contributed by atoms with Crippen LogP contribution in [-0.4, -0.2) is 76.8 Å². The Balaban J connectivity index is 2.57. The van der Waals surface area contributed by atoms with E-state index in [9.17, 15) is 24.0 Å². The van der Waals surface area contributed by atoms with E-state index >= 15 is 0 Å². The molecule has 0 aromatic heterocycles. The molecule has 0 saturated carbocycles. The average Bonchev–Trinajstić information content (AvgIpc) is 2.92. The van der Waals surface area contributed by atoms with Crippen LogP contribution in [0.15, 0.2) is 12.2 Å². The number of nitrogens with zero attached hydrogens (tertiary/aromatic N) is 2. The lowest BCUT2D eigenvalue weighted by atomic mass is 9.98. The molecule has 0 saturated heterocycles. The highest BCUT2D eigenvalue weighted by Gasteiger charge is 2.43. The number of carbonyl (C=O) groups is 5. The highest BCUT2D eigenvalue weighted by Crippen LogP contribution is 2.20. The van der Waals surface area contributed by atoms with Gasteiger partial charge in [-0.15, -0.1) is 0 Å². The first-order chi connectivity index (χ1) is 13.4. The summed E-state index contributed by atoms with van der Waals surface area (Å²) >= 11 is 0. The quantitative estimate of drug-likeness (QED) is 0.294. The van der Waals surface area contributed by atoms with Gasteiger partial charge in [-0.1, -0.05) is 20.3 Å². The zero-order chi connectivity index (χ0) is 22.4. The lowest BCUT2D eigenvalue weighted by Crippen LogP contribution is -2.62. The van der Waals surface area contributed by atoms with Gasteiger partial charge in [-0.25, -0.2) is 4.79 Å². The van der Waals surface area contributed by atoms with Crippen molar-refractivity contribution in [1.82, 2.24) is 10.2 Å². The highest BCUT2D eigenvalue weighted by atomic mass is 16.4. The smallest absolute Gasteiger partial charge is 0.325 e. The molecule has 2 N–H and O–H groups in total. The Labute approximate surface area is 171 Å². The van der Waals surface area contributed by atoms with Crippen LogP contribution in [0.5, 0.6) is 0 Å². The van der Waals surface area contributed by atoms with E-state index in [-0.39, 0.29) is 34.5 Å². The van der Waals surface area contributed by atoms with Crippen LogP contribution in [0.2, 0.25) is 0 Å². The Morgan fingerprint density at radius 2 is 1.59 bits per heavy atom. The normalized spacial score (nSPS) is 16.3. The third-order valence-electron chi connectivity index (χ3n) is 5.14. The summed E-state index contributed by atoms with van der Waals surface area (Å²) in [6, 6.07) is -1.75. The molecule has 0 spiro atoms. The number of aliphatic carboxylic acids is 1. The van der Waals surface area contributed by atoms with Gasteiger partial charge in [-0.05, 0) is 19.8 Å². The maximum absolute atomic E-state index is 12.8. The van der Waals surface area contributed by atoms with E-state index in [1.807, 2.05) is 13.8 Å². The van der Waals surface area contributed by atoms with E-state index in [1.165, 1.54) is 24.0 Å². The van der Waals surface area contributed by atoms with Crippen LogP contribution >= 0.6 is 0 Å². The number of carbonyl (C=O) groups excluding carboxylic acids is 4. The van der Waals surface area contributed by atoms with E-state index < -0.39 is 24.0 Å². The first-order valence-electron chi connectivity index (χ1n) is 9.83. The van der Waals surface area contributed by atoms with Crippen LogP contribution in [0.3, 0.4) is 0 Å². The summed E-state index contributed by atoms with van der Waals surface area (Å²) < 4.78 is -0.178. The molecule has 0 aromatic carbocycles. The zero-order valence-corrected chi connectivity index (χ0v) is 17.8. The summed E-state index contributed by atoms with van der Waals surface area (Å²) in [5, 5.41) is 11.5. The molecule has 1 aliphatic rings. The Morgan fingerprint density at radius 3 is 2.07 bits per heavy atom. The van der Waals surface area contributed by atoms with Gasteiger partial charge in [0.1, 0.15) is 6.04 Å². The molecule has 1 rings (SSSR count). The van der Waals surface area contributed by atoms with Crippen LogP contribution in [0.1, 0.15) is 46.5 Å². The first kappa shape index (κ1) is 24.5. The van der Waals surface area contributed by atoms with Crippen molar-refractivity contribution in [2.75, 3.05) is 20.6 Å². The maximum atomic E-state index is 12.8. The van der Waals surface area contributed by atoms with Crippen molar-refractivity contribution in [2.24, 2.45) is 5.92 Å². The molecule has 4 amide bonds. The average molecular weight is 410 g/mol. The predicted molar refractivity (Wildman–Crippen MR) is 105 cm³/mol. The maximum Gasteiger partial charge on any atom is 0.325 e. The molecule has 29 heavy (non-hydrogen) atoms. The molecule has 162 valence electrons. The number of quaternary nitrogens is 1. The molecule has 0 radical (unpaired) electrons. The zero-order valence-electron chi connectivity index (χ0n) is 17.8. The van der Waals surface area contributed by atoms with E-state index in [1.54, 1.807) is 14.1 Å². The van der Waals surface area contributed by atoms with Gasteiger partial charge in [-0.3, -0.25) is 28.6 Å². The van der Waals surface area contributed by atoms with Gasteiger partial charge in [0.25, 0.3) is 17.7 Å². The third kappa shape index (κ3) is 6.49. The number of likely N-dealkylation sites (N-methyl/N-ethyl adjacent to an activating group) is 1. The van der Waals surface area contributed by atoms with Crippen molar-refractivity contribution >= 4 is 29.6 Å². The summed E-state index contributed by atoms with van der Waals surface area (Å²) in [4.78, 5) is 60.6. The van der Waals surface area contributed by atoms with Gasteiger partial charge in [0.2, 0.25) is 0 Å². The molecule has 1 aliphatic heterocycles. The largest absolute Gasteiger partial charge is 0.480 e. The summed E-state index contributed by atoms with van der Waals surface area (Å²) in [7, 11) is 3.32. The fourth-order valence-corrected chi connectivity index (χ4v) is 3.52. The topological polar surface area (TPSA) is 121 Å². The van der Waals surface area contributed by atoms with Crippen molar-refractivity contribution in [3.05, 3.63) is 12.2 Å². The number of imide groups is 1. The van der Waals surface area contributed by atoms with Gasteiger partial charge < -0.3 is 10.4 Å². The third-order valence-corrected chi connectivity index (χ3v) is 5.14. The minimum Gasteiger partial charge on any atom is -0.480 e. The first-order valence-corrected chi connectivity index (χ1v) is 9.83. The fourth-order valence-electron chi connectivity index (χ4n) is 3.52. The number of hydrogen-bond acceptors (Lipinski definition) is 5. The van der Waals surface area contributed by atoms with Crippen molar-refractivity contribution < 1.29 is 33.6 Å². The Bertz CT molecular complexity index is 680. The second-order valence-electron chi connectivity index (χ2n) is 8.16. The molecular formula is C20H32N3O6+. The van der Waals surface area contributed by atoms with E-state index in [0.717, 1.165) is 0 Å². The molecule has 1 heterocycles. The van der Waals surface area contributed by atoms with Crippen LogP contribution in [0, 0.1) is 5.92 Å². The minimum atomic E-state index is -1.14. The van der Waals surface area contributed by atoms with Gasteiger partial charge in [-0.2, -0.15) is 0 Å². The summed E-state index contributed by atoms with van der Waals surface area (Å²) in [5.41, 5.74) is 0. The lowest BCUT2D eigenvalue weighted by Gasteiger charge is -2.37. The van der Waals surface area contributed by atoms with Crippen molar-refractivity contribution in [3.63, 3.8) is 0 Å². The van der Waals surface area contributed by atoms with Crippen molar-refractivity contribution in [1.29, 1.82) is 0 Å². The lowest BCUT2D eigenvalue weighted by molar-refractivity contribution is -0.835. The molecule has 9 heteroatoms. The molecule has 0 bridgehead atoms. The van der Waals surface area contributed by atoms with E-state index in [2.05, 4.69) is 5.32 Å². The number of rotatable bonds is 11. The number of amides is 4. The monoisotopic (exact) mass is 410 g/mol. The molecule has 9 nitrogen and oxygen atoms in total. The molecule has 0 unspecified atom stereocenters. The highest BCUT2D eigenvalue weighted by molar-refractivity contribution is 6.12. The molecular weight excluding hydrogens is 378 g/mol. The van der Waals surface area contributed by atoms with Crippen molar-refractivity contribution in [3.8, 4) is 0 Å². The molecule has 0 fully saturated rings. The van der Waals surface area contributed by atoms with E-state index in [0.29, 0.717) is 25.8 Å². The van der Waals surface area contributed by atoms with Crippen LogP contribution < -0.4 is 5.32 Å². The SMILES string of the molecule is CC(C)[C@@H](C(=O)N[C@@H](C)C(=O)O)[N+](C)(C)C(=O)CCCCCN1C(=O)C=CC1=O.